The van der Waals surface area contributed by atoms with Crippen LogP contribution in [0.2, 0.25) is 0 Å². The van der Waals surface area contributed by atoms with E-state index < -0.39 is 11.8 Å². The van der Waals surface area contributed by atoms with Gasteiger partial charge in [0.1, 0.15) is 6.23 Å². The highest BCUT2D eigenvalue weighted by molar-refractivity contribution is 4.92. The van der Waals surface area contributed by atoms with Gasteiger partial charge in [0, 0.05) is 11.1 Å². The first-order valence-electron chi connectivity index (χ1n) is 6.82. The van der Waals surface area contributed by atoms with E-state index in [1.807, 2.05) is 39.7 Å². The van der Waals surface area contributed by atoms with Gasteiger partial charge in [-0.2, -0.15) is 5.06 Å². The molecule has 1 unspecified atom stereocenters. The van der Waals surface area contributed by atoms with Crippen molar-refractivity contribution in [3.05, 3.63) is 12.7 Å². The molecule has 0 aromatic carbocycles. The van der Waals surface area contributed by atoms with Crippen molar-refractivity contribution in [2.45, 2.75) is 78.2 Å². The lowest BCUT2D eigenvalue weighted by atomic mass is 9.94. The Morgan fingerprint density at radius 3 is 1.95 bits per heavy atom. The van der Waals surface area contributed by atoms with Gasteiger partial charge in [0.25, 0.3) is 0 Å². The van der Waals surface area contributed by atoms with Crippen LogP contribution >= 0.6 is 0 Å². The molecule has 0 bridgehead atoms. The van der Waals surface area contributed by atoms with Gasteiger partial charge in [-0.1, -0.05) is 6.08 Å². The standard InChI is InChI=1S/C15H32N2O2/c1-10-11-19-17(14(5,6)7)15(8,9)12(18)16-13(2,3)4/h10,12,16,18H,1,11H2,2-9H3. The van der Waals surface area contributed by atoms with Gasteiger partial charge in [0.15, 0.2) is 0 Å². The molecule has 0 amide bonds. The van der Waals surface area contributed by atoms with Gasteiger partial charge in [-0.3, -0.25) is 10.2 Å². The van der Waals surface area contributed by atoms with Crippen molar-refractivity contribution in [1.82, 2.24) is 10.4 Å². The summed E-state index contributed by atoms with van der Waals surface area (Å²) in [6.07, 6.45) is 0.995. The molecule has 114 valence electrons. The Kier molecular flexibility index (Phi) is 6.21. The van der Waals surface area contributed by atoms with Crippen LogP contribution in [0.25, 0.3) is 0 Å². The Hall–Kier alpha value is -0.420. The van der Waals surface area contributed by atoms with E-state index in [0.717, 1.165) is 0 Å². The molecule has 4 nitrogen and oxygen atoms in total. The van der Waals surface area contributed by atoms with E-state index in [4.69, 9.17) is 4.84 Å². The van der Waals surface area contributed by atoms with Crippen LogP contribution in [0.3, 0.4) is 0 Å². The molecule has 0 radical (unpaired) electrons. The summed E-state index contributed by atoms with van der Waals surface area (Å²) in [6.45, 7) is 20.3. The van der Waals surface area contributed by atoms with Crippen molar-refractivity contribution in [2.24, 2.45) is 0 Å². The van der Waals surface area contributed by atoms with Crippen LogP contribution in [-0.4, -0.2) is 39.6 Å². The van der Waals surface area contributed by atoms with Crippen molar-refractivity contribution in [1.29, 1.82) is 0 Å². The second kappa shape index (κ2) is 6.35. The van der Waals surface area contributed by atoms with Gasteiger partial charge in [-0.25, -0.2) is 0 Å². The predicted molar refractivity (Wildman–Crippen MR) is 80.7 cm³/mol. The zero-order chi connectivity index (χ0) is 15.5. The average Bonchev–Trinajstić information content (AvgIpc) is 2.12. The molecule has 0 spiro atoms. The molecule has 19 heavy (non-hydrogen) atoms. The zero-order valence-electron chi connectivity index (χ0n) is 13.9. The van der Waals surface area contributed by atoms with Crippen molar-refractivity contribution in [3.8, 4) is 0 Å². The highest BCUT2D eigenvalue weighted by Gasteiger charge is 2.42. The number of hydrogen-bond donors (Lipinski definition) is 2. The Bertz CT molecular complexity index is 288. The molecule has 2 N–H and O–H groups in total. The summed E-state index contributed by atoms with van der Waals surface area (Å²) < 4.78 is 0. The lowest BCUT2D eigenvalue weighted by molar-refractivity contribution is -0.278. The highest BCUT2D eigenvalue weighted by atomic mass is 16.7. The van der Waals surface area contributed by atoms with E-state index in [1.165, 1.54) is 0 Å². The molecule has 0 saturated heterocycles. The minimum absolute atomic E-state index is 0.168. The van der Waals surface area contributed by atoms with Gasteiger partial charge in [0.2, 0.25) is 0 Å². The molecule has 0 rings (SSSR count). The molecule has 0 aliphatic carbocycles. The number of nitrogens with zero attached hydrogens (tertiary/aromatic N) is 1. The van der Waals surface area contributed by atoms with Gasteiger partial charge in [0.05, 0.1) is 12.1 Å². The van der Waals surface area contributed by atoms with Gasteiger partial charge in [-0.05, 0) is 55.4 Å². The summed E-state index contributed by atoms with van der Waals surface area (Å²) in [7, 11) is 0. The molecule has 0 heterocycles. The summed E-state index contributed by atoms with van der Waals surface area (Å²) in [5, 5.41) is 15.5. The Morgan fingerprint density at radius 2 is 1.63 bits per heavy atom. The van der Waals surface area contributed by atoms with Crippen molar-refractivity contribution in [3.63, 3.8) is 0 Å². The van der Waals surface area contributed by atoms with E-state index in [2.05, 4.69) is 32.7 Å². The maximum atomic E-state index is 10.5. The first-order chi connectivity index (χ1) is 8.32. The van der Waals surface area contributed by atoms with E-state index in [9.17, 15) is 5.11 Å². The monoisotopic (exact) mass is 272 g/mol. The molecular formula is C15H32N2O2. The normalized spacial score (nSPS) is 15.7. The van der Waals surface area contributed by atoms with Crippen LogP contribution in [0.5, 0.6) is 0 Å². The van der Waals surface area contributed by atoms with Crippen LogP contribution in [-0.2, 0) is 4.84 Å². The Balaban J connectivity index is 5.11. The molecule has 0 fully saturated rings. The third kappa shape index (κ3) is 6.04. The molecule has 1 atom stereocenters. The maximum absolute atomic E-state index is 10.5. The van der Waals surface area contributed by atoms with Crippen LogP contribution in [0.15, 0.2) is 12.7 Å². The number of nitrogens with one attached hydrogen (secondary N) is 1. The third-order valence-corrected chi connectivity index (χ3v) is 2.69. The van der Waals surface area contributed by atoms with Gasteiger partial charge < -0.3 is 5.11 Å². The number of hydrogen-bond acceptors (Lipinski definition) is 4. The minimum atomic E-state index is -0.712. The van der Waals surface area contributed by atoms with Gasteiger partial charge >= 0.3 is 0 Å². The number of hydroxylamine groups is 2. The Morgan fingerprint density at radius 1 is 1.16 bits per heavy atom. The molecule has 0 aromatic heterocycles. The maximum Gasteiger partial charge on any atom is 0.125 e. The largest absolute Gasteiger partial charge is 0.377 e. The van der Waals surface area contributed by atoms with Crippen LogP contribution < -0.4 is 5.32 Å². The second-order valence-corrected chi connectivity index (χ2v) is 7.50. The average molecular weight is 272 g/mol. The topological polar surface area (TPSA) is 44.7 Å². The quantitative estimate of drug-likeness (QED) is 0.443. The smallest absolute Gasteiger partial charge is 0.125 e. The molecular weight excluding hydrogens is 240 g/mol. The fourth-order valence-electron chi connectivity index (χ4n) is 2.05. The number of aliphatic hydroxyl groups excluding tert-OH is 1. The SMILES string of the molecule is C=CCON(C(C)(C)C)C(C)(C)C(O)NC(C)(C)C. The molecule has 0 saturated carbocycles. The number of rotatable bonds is 6. The van der Waals surface area contributed by atoms with Crippen molar-refractivity contribution in [2.75, 3.05) is 6.61 Å². The summed E-state index contributed by atoms with van der Waals surface area (Å²) in [6, 6.07) is 0. The van der Waals surface area contributed by atoms with Crippen LogP contribution in [0.4, 0.5) is 0 Å². The fraction of sp³-hybridized carbons (Fsp3) is 0.867. The minimum Gasteiger partial charge on any atom is -0.377 e. The molecule has 4 heteroatoms. The third-order valence-electron chi connectivity index (χ3n) is 2.69. The molecule has 0 aliphatic rings. The van der Waals surface area contributed by atoms with E-state index in [-0.39, 0.29) is 11.1 Å². The fourth-order valence-corrected chi connectivity index (χ4v) is 2.05. The number of aliphatic hydroxyl groups is 1. The highest BCUT2D eigenvalue weighted by Crippen LogP contribution is 2.28. The summed E-state index contributed by atoms with van der Waals surface area (Å²) in [5.74, 6) is 0. The molecule has 0 aromatic rings. The summed E-state index contributed by atoms with van der Waals surface area (Å²) in [5.41, 5.74) is -0.972. The van der Waals surface area contributed by atoms with E-state index in [1.54, 1.807) is 6.08 Å². The second-order valence-electron chi connectivity index (χ2n) is 7.50. The van der Waals surface area contributed by atoms with E-state index in [0.29, 0.717) is 6.61 Å². The first-order valence-corrected chi connectivity index (χ1v) is 6.82. The van der Waals surface area contributed by atoms with Gasteiger partial charge in [-0.15, -0.1) is 6.58 Å². The van der Waals surface area contributed by atoms with Crippen LogP contribution in [0.1, 0.15) is 55.4 Å². The lowest BCUT2D eigenvalue weighted by Crippen LogP contribution is -2.65. The summed E-state index contributed by atoms with van der Waals surface area (Å²) >= 11 is 0. The van der Waals surface area contributed by atoms with E-state index >= 15 is 0 Å². The predicted octanol–water partition coefficient (Wildman–Crippen LogP) is 2.69. The Labute approximate surface area is 118 Å². The first kappa shape index (κ1) is 18.6. The van der Waals surface area contributed by atoms with Crippen molar-refractivity contribution >= 4 is 0 Å². The lowest BCUT2D eigenvalue weighted by Gasteiger charge is -2.48. The van der Waals surface area contributed by atoms with Crippen LogP contribution in [0, 0.1) is 0 Å². The summed E-state index contributed by atoms with van der Waals surface area (Å²) in [4.78, 5) is 5.77. The van der Waals surface area contributed by atoms with Crippen molar-refractivity contribution < 1.29 is 9.94 Å². The molecule has 0 aliphatic heterocycles. The zero-order valence-corrected chi connectivity index (χ0v) is 13.9.